The van der Waals surface area contributed by atoms with Gasteiger partial charge < -0.3 is 0 Å². The van der Waals surface area contributed by atoms with E-state index in [-0.39, 0.29) is 0 Å². The Bertz CT molecular complexity index is 102. The van der Waals surface area contributed by atoms with Crippen molar-refractivity contribution in [1.82, 2.24) is 0 Å². The van der Waals surface area contributed by atoms with Crippen molar-refractivity contribution in [2.24, 2.45) is 0 Å². The lowest BCUT2D eigenvalue weighted by Gasteiger charge is -1.82. The summed E-state index contributed by atoms with van der Waals surface area (Å²) in [6.45, 7) is 3.38. The lowest BCUT2D eigenvalue weighted by molar-refractivity contribution is 1.98. The van der Waals surface area contributed by atoms with Gasteiger partial charge in [0, 0.05) is 0 Å². The second-order valence-corrected chi connectivity index (χ2v) is 2.85. The second-order valence-electron chi connectivity index (χ2n) is 0.812. The van der Waals surface area contributed by atoms with E-state index in [0.29, 0.717) is 8.97 Å². The molecule has 0 aromatic heterocycles. The first kappa shape index (κ1) is 7.54. The molecular formula is C4H3BrCl2. The maximum atomic E-state index is 5.38. The van der Waals surface area contributed by atoms with Gasteiger partial charge in [-0.15, -0.1) is 0 Å². The zero-order valence-electron chi connectivity index (χ0n) is 3.42. The molecule has 0 aliphatic rings. The van der Waals surface area contributed by atoms with Gasteiger partial charge in [0.1, 0.15) is 3.94 Å². The van der Waals surface area contributed by atoms with E-state index >= 15 is 0 Å². The van der Waals surface area contributed by atoms with E-state index in [2.05, 4.69) is 22.5 Å². The minimum atomic E-state index is 0.393. The van der Waals surface area contributed by atoms with Gasteiger partial charge in [-0.05, 0) is 22.0 Å². The zero-order valence-corrected chi connectivity index (χ0v) is 6.52. The minimum absolute atomic E-state index is 0.393. The molecule has 0 spiro atoms. The van der Waals surface area contributed by atoms with Crippen molar-refractivity contribution in [3.63, 3.8) is 0 Å². The Morgan fingerprint density at radius 1 is 1.57 bits per heavy atom. The van der Waals surface area contributed by atoms with Crippen molar-refractivity contribution < 1.29 is 0 Å². The summed E-state index contributed by atoms with van der Waals surface area (Å²) in [6, 6.07) is 0. The highest BCUT2D eigenvalue weighted by molar-refractivity contribution is 9.12. The number of hydrogen-bond donors (Lipinski definition) is 0. The van der Waals surface area contributed by atoms with Crippen LogP contribution >= 0.6 is 39.1 Å². The van der Waals surface area contributed by atoms with Gasteiger partial charge >= 0.3 is 0 Å². The van der Waals surface area contributed by atoms with E-state index in [1.54, 1.807) is 0 Å². The number of allylic oxidation sites excluding steroid dienone is 2. The van der Waals surface area contributed by atoms with Crippen LogP contribution in [0.25, 0.3) is 0 Å². The standard InChI is InChI=1S/C4H3BrCl2/c1-2-3(6)4(5)7/h2H,1H2/b4-3-. The highest BCUT2D eigenvalue weighted by Gasteiger charge is 1.87. The predicted molar refractivity (Wildman–Crippen MR) is 37.9 cm³/mol. The van der Waals surface area contributed by atoms with E-state index in [4.69, 9.17) is 23.2 Å². The number of hydrogen-bond acceptors (Lipinski definition) is 0. The lowest BCUT2D eigenvalue weighted by atomic mass is 10.6. The summed E-state index contributed by atoms with van der Waals surface area (Å²) in [4.78, 5) is 0. The molecule has 0 aliphatic carbocycles. The van der Waals surface area contributed by atoms with Crippen molar-refractivity contribution >= 4 is 39.1 Å². The van der Waals surface area contributed by atoms with Gasteiger partial charge in [-0.2, -0.15) is 0 Å². The summed E-state index contributed by atoms with van der Waals surface area (Å²) in [6.07, 6.45) is 1.46. The second kappa shape index (κ2) is 3.53. The van der Waals surface area contributed by atoms with Gasteiger partial charge in [0.2, 0.25) is 0 Å². The first-order valence-electron chi connectivity index (χ1n) is 1.51. The largest absolute Gasteiger partial charge is 0.102 e. The van der Waals surface area contributed by atoms with Crippen molar-refractivity contribution in [3.05, 3.63) is 21.6 Å². The summed E-state index contributed by atoms with van der Waals surface area (Å²) in [5.74, 6) is 0. The fourth-order valence-electron chi connectivity index (χ4n) is 0.0772. The highest BCUT2D eigenvalue weighted by atomic mass is 79.9. The first-order chi connectivity index (χ1) is 3.18. The molecule has 0 N–H and O–H groups in total. The van der Waals surface area contributed by atoms with Crippen molar-refractivity contribution in [1.29, 1.82) is 0 Å². The molecule has 0 rings (SSSR count). The summed E-state index contributed by atoms with van der Waals surface area (Å²) in [7, 11) is 0. The summed E-state index contributed by atoms with van der Waals surface area (Å²) in [5.41, 5.74) is 0. The van der Waals surface area contributed by atoms with Crippen LogP contribution in [0.1, 0.15) is 0 Å². The Labute approximate surface area is 60.9 Å². The third-order valence-corrected chi connectivity index (χ3v) is 1.66. The van der Waals surface area contributed by atoms with Crippen LogP contribution in [0.3, 0.4) is 0 Å². The SMILES string of the molecule is C=C/C(Cl)=C(/Cl)Br. The Balaban J connectivity index is 3.98. The molecular weight excluding hydrogens is 199 g/mol. The van der Waals surface area contributed by atoms with Crippen LogP contribution in [-0.2, 0) is 0 Å². The zero-order chi connectivity index (χ0) is 5.86. The smallest absolute Gasteiger partial charge is 0.0975 e. The van der Waals surface area contributed by atoms with Gasteiger partial charge in [-0.1, -0.05) is 29.8 Å². The van der Waals surface area contributed by atoms with E-state index in [9.17, 15) is 0 Å². The van der Waals surface area contributed by atoms with Crippen molar-refractivity contribution in [2.45, 2.75) is 0 Å². The third kappa shape index (κ3) is 3.15. The highest BCUT2D eigenvalue weighted by Crippen LogP contribution is 2.19. The third-order valence-electron chi connectivity index (χ3n) is 0.360. The van der Waals surface area contributed by atoms with E-state index < -0.39 is 0 Å². The van der Waals surface area contributed by atoms with Crippen LogP contribution in [0, 0.1) is 0 Å². The van der Waals surface area contributed by atoms with Gasteiger partial charge in [0.05, 0.1) is 5.03 Å². The molecule has 7 heavy (non-hydrogen) atoms. The number of halogens is 3. The quantitative estimate of drug-likeness (QED) is 0.572. The molecule has 0 unspecified atom stereocenters. The molecule has 0 atom stereocenters. The maximum absolute atomic E-state index is 5.38. The topological polar surface area (TPSA) is 0 Å². The molecule has 0 heterocycles. The molecule has 0 saturated carbocycles. The summed E-state index contributed by atoms with van der Waals surface area (Å²) in [5, 5.41) is 0.432. The molecule has 0 aromatic rings. The fraction of sp³-hybridized carbons (Fsp3) is 0. The molecule has 0 aliphatic heterocycles. The Hall–Kier alpha value is 0.540. The van der Waals surface area contributed by atoms with Crippen molar-refractivity contribution in [3.8, 4) is 0 Å². The summed E-state index contributed by atoms with van der Waals surface area (Å²) < 4.78 is 0.393. The van der Waals surface area contributed by atoms with Gasteiger partial charge in [-0.3, -0.25) is 0 Å². The Morgan fingerprint density at radius 3 is 2.00 bits per heavy atom. The monoisotopic (exact) mass is 200 g/mol. The molecule has 0 radical (unpaired) electrons. The first-order valence-corrected chi connectivity index (χ1v) is 3.06. The normalized spacial score (nSPS) is 13.0. The lowest BCUT2D eigenvalue weighted by Crippen LogP contribution is -1.57. The molecule has 40 valence electrons. The molecule has 0 aromatic carbocycles. The van der Waals surface area contributed by atoms with Crippen LogP contribution in [0.5, 0.6) is 0 Å². The molecule has 0 bridgehead atoms. The van der Waals surface area contributed by atoms with Gasteiger partial charge in [0.25, 0.3) is 0 Å². The van der Waals surface area contributed by atoms with Gasteiger partial charge in [0.15, 0.2) is 0 Å². The average molecular weight is 202 g/mol. The van der Waals surface area contributed by atoms with Crippen molar-refractivity contribution in [2.75, 3.05) is 0 Å². The van der Waals surface area contributed by atoms with Crippen LogP contribution < -0.4 is 0 Å². The molecule has 0 saturated heterocycles. The van der Waals surface area contributed by atoms with Crippen LogP contribution in [0.2, 0.25) is 0 Å². The van der Waals surface area contributed by atoms with Crippen LogP contribution in [0.15, 0.2) is 21.6 Å². The van der Waals surface area contributed by atoms with E-state index in [1.165, 1.54) is 6.08 Å². The van der Waals surface area contributed by atoms with Gasteiger partial charge in [-0.25, -0.2) is 0 Å². The molecule has 0 nitrogen and oxygen atoms in total. The summed E-state index contributed by atoms with van der Waals surface area (Å²) >= 11 is 13.6. The predicted octanol–water partition coefficient (Wildman–Crippen LogP) is 3.21. The molecule has 0 fully saturated rings. The Morgan fingerprint density at radius 2 is 2.00 bits per heavy atom. The minimum Gasteiger partial charge on any atom is -0.0975 e. The Kier molecular flexibility index (Phi) is 3.80. The number of rotatable bonds is 1. The average Bonchev–Trinajstić information content (AvgIpc) is 1.65. The fourth-order valence-corrected chi connectivity index (χ4v) is 0.316. The molecule has 3 heteroatoms. The van der Waals surface area contributed by atoms with Crippen LogP contribution in [-0.4, -0.2) is 0 Å². The molecule has 0 amide bonds. The maximum Gasteiger partial charge on any atom is 0.102 e. The van der Waals surface area contributed by atoms with E-state index in [0.717, 1.165) is 0 Å². The van der Waals surface area contributed by atoms with Crippen LogP contribution in [0.4, 0.5) is 0 Å². The van der Waals surface area contributed by atoms with E-state index in [1.807, 2.05) is 0 Å².